The lowest BCUT2D eigenvalue weighted by Crippen LogP contribution is -2.41. The summed E-state index contributed by atoms with van der Waals surface area (Å²) in [5.74, 6) is 0.954. The van der Waals surface area contributed by atoms with Crippen molar-refractivity contribution < 1.29 is 17.9 Å². The summed E-state index contributed by atoms with van der Waals surface area (Å²) in [5.41, 5.74) is 4.59. The Hall–Kier alpha value is -3.53. The van der Waals surface area contributed by atoms with Gasteiger partial charge in [-0.3, -0.25) is 4.90 Å². The molecule has 3 aromatic rings. The zero-order chi connectivity index (χ0) is 26.4. The van der Waals surface area contributed by atoms with Gasteiger partial charge in [-0.15, -0.1) is 0 Å². The molecule has 2 aliphatic rings. The van der Waals surface area contributed by atoms with Crippen LogP contribution in [0.25, 0.3) is 11.3 Å². The van der Waals surface area contributed by atoms with E-state index >= 15 is 0 Å². The lowest BCUT2D eigenvalue weighted by atomic mass is 9.91. The zero-order valence-corrected chi connectivity index (χ0v) is 22.3. The Kier molecular flexibility index (Phi) is 6.39. The number of rotatable bonds is 7. The van der Waals surface area contributed by atoms with Crippen LogP contribution in [-0.2, 0) is 21.8 Å². The Bertz CT molecular complexity index is 1450. The largest absolute Gasteiger partial charge is 0.480 e. The number of fused-ring (bicyclic) bond motifs is 1. The van der Waals surface area contributed by atoms with Gasteiger partial charge in [0.05, 0.1) is 46.1 Å². The van der Waals surface area contributed by atoms with Crippen molar-refractivity contribution in [3.63, 3.8) is 0 Å². The Morgan fingerprint density at radius 1 is 1.14 bits per heavy atom. The van der Waals surface area contributed by atoms with Gasteiger partial charge in [0.25, 0.3) is 0 Å². The average molecular weight is 522 g/mol. The van der Waals surface area contributed by atoms with E-state index in [1.807, 2.05) is 12.1 Å². The van der Waals surface area contributed by atoms with Gasteiger partial charge in [-0.25, -0.2) is 28.2 Å². The number of hydrogen-bond acceptors (Lipinski definition) is 7. The van der Waals surface area contributed by atoms with E-state index in [9.17, 15) is 13.2 Å². The number of carbonyl (C=O) groups is 1. The highest BCUT2D eigenvalue weighted by molar-refractivity contribution is 7.91. The quantitative estimate of drug-likeness (QED) is 0.495. The van der Waals surface area contributed by atoms with Gasteiger partial charge < -0.3 is 10.1 Å². The second-order valence-corrected chi connectivity index (χ2v) is 12.4. The van der Waals surface area contributed by atoms with E-state index in [-0.39, 0.29) is 28.6 Å². The van der Waals surface area contributed by atoms with E-state index in [4.69, 9.17) is 9.72 Å². The van der Waals surface area contributed by atoms with Crippen molar-refractivity contribution in [3.8, 4) is 17.1 Å². The minimum atomic E-state index is -3.26. The predicted molar refractivity (Wildman–Crippen MR) is 141 cm³/mol. The molecule has 37 heavy (non-hydrogen) atoms. The SMILES string of the molecule is CCS(=O)(=O)c1ccc(CNC(=O)N2CC(C)(C)c3nc(-c4c(OC)ncnc4C4CC4)ccc32)cc1. The normalized spacial score (nSPS) is 16.4. The maximum absolute atomic E-state index is 13.2. The Morgan fingerprint density at radius 2 is 1.86 bits per heavy atom. The molecule has 1 aliphatic carbocycles. The number of hydrogen-bond donors (Lipinski definition) is 1. The fraction of sp³-hybridized carbons (Fsp3) is 0.407. The predicted octanol–water partition coefficient (Wildman–Crippen LogP) is 4.23. The van der Waals surface area contributed by atoms with Crippen LogP contribution in [0.2, 0.25) is 0 Å². The number of nitrogens with one attached hydrogen (secondary N) is 1. The summed E-state index contributed by atoms with van der Waals surface area (Å²) in [6.07, 6.45) is 3.72. The van der Waals surface area contributed by atoms with Crippen LogP contribution in [0.15, 0.2) is 47.6 Å². The van der Waals surface area contributed by atoms with Gasteiger partial charge in [0.2, 0.25) is 5.88 Å². The average Bonchev–Trinajstić information content (AvgIpc) is 3.71. The first-order valence-electron chi connectivity index (χ1n) is 12.4. The van der Waals surface area contributed by atoms with Crippen LogP contribution < -0.4 is 15.0 Å². The summed E-state index contributed by atoms with van der Waals surface area (Å²) in [7, 11) is -1.66. The first-order chi connectivity index (χ1) is 17.6. The van der Waals surface area contributed by atoms with E-state index in [1.54, 1.807) is 43.2 Å². The summed E-state index contributed by atoms with van der Waals surface area (Å²) < 4.78 is 29.6. The first kappa shape index (κ1) is 25.1. The van der Waals surface area contributed by atoms with Crippen LogP contribution in [0.4, 0.5) is 10.5 Å². The minimum Gasteiger partial charge on any atom is -0.480 e. The molecule has 0 bridgehead atoms. The summed E-state index contributed by atoms with van der Waals surface area (Å²) in [5, 5.41) is 2.96. The zero-order valence-electron chi connectivity index (χ0n) is 21.5. The number of ether oxygens (including phenoxy) is 1. The molecule has 0 radical (unpaired) electrons. The summed E-state index contributed by atoms with van der Waals surface area (Å²) in [6, 6.07) is 10.2. The van der Waals surface area contributed by atoms with E-state index < -0.39 is 9.84 Å². The highest BCUT2D eigenvalue weighted by atomic mass is 32.2. The first-order valence-corrected chi connectivity index (χ1v) is 14.1. The van der Waals surface area contributed by atoms with Crippen molar-refractivity contribution in [1.82, 2.24) is 20.3 Å². The van der Waals surface area contributed by atoms with Crippen molar-refractivity contribution in [3.05, 3.63) is 59.7 Å². The second-order valence-electron chi connectivity index (χ2n) is 10.2. The van der Waals surface area contributed by atoms with E-state index in [0.717, 1.165) is 46.7 Å². The highest BCUT2D eigenvalue weighted by Crippen LogP contribution is 2.47. The van der Waals surface area contributed by atoms with E-state index in [0.29, 0.717) is 18.3 Å². The third kappa shape index (κ3) is 4.77. The topological polar surface area (TPSA) is 114 Å². The van der Waals surface area contributed by atoms with Gasteiger partial charge in [0.15, 0.2) is 9.84 Å². The molecule has 0 saturated heterocycles. The Balaban J connectivity index is 1.38. The van der Waals surface area contributed by atoms with Crippen LogP contribution in [0.1, 0.15) is 56.5 Å². The fourth-order valence-electron chi connectivity index (χ4n) is 4.74. The molecule has 1 fully saturated rings. The smallest absolute Gasteiger partial charge is 0.322 e. The molecule has 1 N–H and O–H groups in total. The molecule has 194 valence electrons. The van der Waals surface area contributed by atoms with Gasteiger partial charge >= 0.3 is 6.03 Å². The Labute approximate surface area is 217 Å². The second kappa shape index (κ2) is 9.41. The summed E-state index contributed by atoms with van der Waals surface area (Å²) in [4.78, 5) is 29.1. The van der Waals surface area contributed by atoms with Crippen LogP contribution >= 0.6 is 0 Å². The maximum atomic E-state index is 13.2. The molecule has 2 aromatic heterocycles. The molecule has 2 amide bonds. The maximum Gasteiger partial charge on any atom is 0.322 e. The van der Waals surface area contributed by atoms with Gasteiger partial charge in [0.1, 0.15) is 6.33 Å². The summed E-state index contributed by atoms with van der Waals surface area (Å²) >= 11 is 0. The van der Waals surface area contributed by atoms with Gasteiger partial charge in [-0.1, -0.05) is 32.9 Å². The molecule has 3 heterocycles. The number of methoxy groups -OCH3 is 1. The van der Waals surface area contributed by atoms with Crippen molar-refractivity contribution in [2.24, 2.45) is 0 Å². The Morgan fingerprint density at radius 3 is 2.51 bits per heavy atom. The third-order valence-electron chi connectivity index (χ3n) is 6.97. The molecular formula is C27H31N5O4S. The fourth-order valence-corrected chi connectivity index (χ4v) is 5.63. The number of amides is 2. The molecule has 1 saturated carbocycles. The van der Waals surface area contributed by atoms with Gasteiger partial charge in [-0.05, 0) is 42.7 Å². The molecule has 9 nitrogen and oxygen atoms in total. The lowest BCUT2D eigenvalue weighted by Gasteiger charge is -2.20. The summed E-state index contributed by atoms with van der Waals surface area (Å²) in [6.45, 7) is 6.53. The lowest BCUT2D eigenvalue weighted by molar-refractivity contribution is 0.245. The number of urea groups is 1. The van der Waals surface area contributed by atoms with Crippen molar-refractivity contribution in [2.75, 3.05) is 24.3 Å². The van der Waals surface area contributed by atoms with Crippen LogP contribution in [0.5, 0.6) is 5.88 Å². The minimum absolute atomic E-state index is 0.0506. The molecule has 0 unspecified atom stereocenters. The van der Waals surface area contributed by atoms with E-state index in [1.165, 1.54) is 6.33 Å². The molecule has 10 heteroatoms. The molecule has 5 rings (SSSR count). The number of pyridine rings is 1. The van der Waals surface area contributed by atoms with Crippen LogP contribution in [0.3, 0.4) is 0 Å². The van der Waals surface area contributed by atoms with Crippen LogP contribution in [-0.4, -0.2) is 48.8 Å². The third-order valence-corrected chi connectivity index (χ3v) is 8.72. The monoisotopic (exact) mass is 521 g/mol. The standard InChI is InChI=1S/C27H31N5O4S/c1-5-37(34,35)19-10-6-17(7-11-19)14-28-26(33)32-15-27(2,3)24-21(32)13-12-20(31-24)22-23(18-8-9-18)29-16-30-25(22)36-4/h6-7,10-13,16,18H,5,8-9,14-15H2,1-4H3,(H,28,33). The number of aromatic nitrogens is 3. The van der Waals surface area contributed by atoms with Crippen molar-refractivity contribution in [1.29, 1.82) is 0 Å². The number of sulfone groups is 1. The highest BCUT2D eigenvalue weighted by Gasteiger charge is 2.40. The number of carbonyl (C=O) groups excluding carboxylic acids is 1. The number of anilines is 1. The molecule has 1 aliphatic heterocycles. The van der Waals surface area contributed by atoms with Crippen LogP contribution in [0, 0.1) is 0 Å². The molecule has 1 aromatic carbocycles. The number of nitrogens with zero attached hydrogens (tertiary/aromatic N) is 4. The van der Waals surface area contributed by atoms with Gasteiger partial charge in [-0.2, -0.15) is 0 Å². The van der Waals surface area contributed by atoms with Gasteiger partial charge in [0, 0.05) is 24.4 Å². The molecule has 0 atom stereocenters. The van der Waals surface area contributed by atoms with Crippen molar-refractivity contribution >= 4 is 21.6 Å². The number of benzene rings is 1. The van der Waals surface area contributed by atoms with Crippen molar-refractivity contribution in [2.45, 2.75) is 56.4 Å². The molecule has 0 spiro atoms. The van der Waals surface area contributed by atoms with E-state index in [2.05, 4.69) is 29.1 Å². The molecular weight excluding hydrogens is 490 g/mol.